The maximum Gasteiger partial charge on any atom is 0.245 e. The molecule has 0 bridgehead atoms. The van der Waals surface area contributed by atoms with Gasteiger partial charge >= 0.3 is 0 Å². The summed E-state index contributed by atoms with van der Waals surface area (Å²) in [5.41, 5.74) is 1.78. The van der Waals surface area contributed by atoms with Crippen molar-refractivity contribution in [1.29, 1.82) is 0 Å². The number of rotatable bonds is 7. The molecular weight excluding hydrogens is 366 g/mol. The fraction of sp³-hybridized carbons (Fsp3) is 0.211. The second kappa shape index (κ2) is 8.55. The first-order valence-electron chi connectivity index (χ1n) is 8.30. The Labute approximate surface area is 162 Å². The average molecular weight is 386 g/mol. The van der Waals surface area contributed by atoms with E-state index in [0.717, 1.165) is 5.56 Å². The van der Waals surface area contributed by atoms with Crippen LogP contribution in [-0.2, 0) is 0 Å². The lowest BCUT2D eigenvalue weighted by Crippen LogP contribution is -2.11. The normalized spacial score (nSPS) is 11.6. The molecule has 0 aliphatic carbocycles. The van der Waals surface area contributed by atoms with E-state index < -0.39 is 0 Å². The number of methoxy groups -OCH3 is 2. The van der Waals surface area contributed by atoms with Crippen LogP contribution < -0.4 is 20.1 Å². The molecule has 0 radical (unpaired) electrons. The third kappa shape index (κ3) is 4.57. The summed E-state index contributed by atoms with van der Waals surface area (Å²) < 4.78 is 10.6. The average Bonchev–Trinajstić information content (AvgIpc) is 2.70. The van der Waals surface area contributed by atoms with E-state index in [2.05, 4.69) is 25.8 Å². The Morgan fingerprint density at radius 1 is 1.04 bits per heavy atom. The number of benzene rings is 2. The molecule has 0 saturated carbocycles. The molecule has 140 valence electrons. The molecule has 1 aromatic heterocycles. The summed E-state index contributed by atoms with van der Waals surface area (Å²) in [5.74, 6) is 2.01. The molecule has 0 spiro atoms. The Balaban J connectivity index is 1.80. The molecule has 0 amide bonds. The second-order valence-corrected chi connectivity index (χ2v) is 6.16. The molecule has 7 nitrogen and oxygen atoms in total. The van der Waals surface area contributed by atoms with Gasteiger partial charge in [0.05, 0.1) is 37.2 Å². The Bertz CT molecular complexity index is 908. The molecule has 2 N–H and O–H groups in total. The van der Waals surface area contributed by atoms with Gasteiger partial charge in [0.15, 0.2) is 5.82 Å². The second-order valence-electron chi connectivity index (χ2n) is 5.75. The monoisotopic (exact) mass is 385 g/mol. The van der Waals surface area contributed by atoms with E-state index in [4.69, 9.17) is 21.1 Å². The van der Waals surface area contributed by atoms with Crippen molar-refractivity contribution in [3.8, 4) is 11.5 Å². The highest BCUT2D eigenvalue weighted by Crippen LogP contribution is 2.37. The molecule has 0 aliphatic rings. The zero-order valence-corrected chi connectivity index (χ0v) is 16.0. The number of hydrogen-bond acceptors (Lipinski definition) is 7. The third-order valence-corrected chi connectivity index (χ3v) is 4.24. The first-order chi connectivity index (χ1) is 13.1. The van der Waals surface area contributed by atoms with Crippen LogP contribution in [0.25, 0.3) is 0 Å². The Kier molecular flexibility index (Phi) is 5.93. The summed E-state index contributed by atoms with van der Waals surface area (Å²) in [6, 6.07) is 13.5. The maximum absolute atomic E-state index is 6.14. The van der Waals surface area contributed by atoms with Crippen LogP contribution in [0.15, 0.2) is 48.7 Å². The summed E-state index contributed by atoms with van der Waals surface area (Å²) >= 11 is 6.14. The smallest absolute Gasteiger partial charge is 0.245 e. The molecule has 3 aromatic rings. The van der Waals surface area contributed by atoms with Crippen molar-refractivity contribution in [3.05, 3.63) is 59.2 Å². The van der Waals surface area contributed by atoms with Crippen molar-refractivity contribution in [2.24, 2.45) is 0 Å². The van der Waals surface area contributed by atoms with Crippen molar-refractivity contribution in [1.82, 2.24) is 15.2 Å². The minimum atomic E-state index is 0.0356. The quantitative estimate of drug-likeness (QED) is 0.621. The molecule has 27 heavy (non-hydrogen) atoms. The van der Waals surface area contributed by atoms with Crippen LogP contribution in [0.1, 0.15) is 18.5 Å². The number of halogens is 1. The van der Waals surface area contributed by atoms with Crippen molar-refractivity contribution >= 4 is 29.1 Å². The predicted octanol–water partition coefficient (Wildman–Crippen LogP) is 4.46. The first kappa shape index (κ1) is 18.7. The van der Waals surface area contributed by atoms with Crippen LogP contribution in [0.2, 0.25) is 5.02 Å². The lowest BCUT2D eigenvalue weighted by Gasteiger charge is -2.15. The number of hydrogen-bond donors (Lipinski definition) is 2. The van der Waals surface area contributed by atoms with E-state index in [0.29, 0.717) is 34.0 Å². The van der Waals surface area contributed by atoms with Gasteiger partial charge < -0.3 is 20.1 Å². The number of nitrogens with zero attached hydrogens (tertiary/aromatic N) is 3. The zero-order valence-electron chi connectivity index (χ0n) is 15.2. The molecule has 1 unspecified atom stereocenters. The summed E-state index contributed by atoms with van der Waals surface area (Å²) in [6.07, 6.45) is 1.53. The van der Waals surface area contributed by atoms with E-state index in [1.54, 1.807) is 26.4 Å². The van der Waals surface area contributed by atoms with Crippen LogP contribution in [0.4, 0.5) is 17.5 Å². The van der Waals surface area contributed by atoms with Gasteiger partial charge in [0.2, 0.25) is 5.95 Å². The zero-order chi connectivity index (χ0) is 19.2. The highest BCUT2D eigenvalue weighted by Gasteiger charge is 2.12. The van der Waals surface area contributed by atoms with Crippen LogP contribution >= 0.6 is 11.6 Å². The Hall–Kier alpha value is -3.06. The van der Waals surface area contributed by atoms with Gasteiger partial charge in [-0.05, 0) is 12.5 Å². The molecule has 0 aliphatic heterocycles. The number of nitrogens with one attached hydrogen (secondary N) is 2. The maximum atomic E-state index is 6.14. The Morgan fingerprint density at radius 2 is 1.78 bits per heavy atom. The van der Waals surface area contributed by atoms with Crippen molar-refractivity contribution in [2.45, 2.75) is 13.0 Å². The number of anilines is 3. The van der Waals surface area contributed by atoms with Crippen LogP contribution in [0, 0.1) is 0 Å². The van der Waals surface area contributed by atoms with Crippen LogP contribution in [0.5, 0.6) is 11.5 Å². The van der Waals surface area contributed by atoms with Crippen molar-refractivity contribution in [2.75, 3.05) is 24.9 Å². The highest BCUT2D eigenvalue weighted by molar-refractivity contribution is 6.32. The van der Waals surface area contributed by atoms with Crippen LogP contribution in [0.3, 0.4) is 0 Å². The largest absolute Gasteiger partial charge is 0.495 e. The van der Waals surface area contributed by atoms with Crippen LogP contribution in [-0.4, -0.2) is 29.4 Å². The molecule has 1 heterocycles. The summed E-state index contributed by atoms with van der Waals surface area (Å²) in [7, 11) is 3.12. The summed E-state index contributed by atoms with van der Waals surface area (Å²) in [5, 5.41) is 14.9. The van der Waals surface area contributed by atoms with Gasteiger partial charge in [-0.2, -0.15) is 10.1 Å². The Morgan fingerprint density at radius 3 is 2.48 bits per heavy atom. The standard InChI is InChI=1S/C19H20ClN5O2/c1-12(13-7-5-4-6-8-13)22-19-24-18(11-21-25-19)23-15-10-16(26-2)14(20)9-17(15)27-3/h4-12H,1-3H3,(H2,22,23,24,25). The van der Waals surface area contributed by atoms with Gasteiger partial charge in [0, 0.05) is 12.1 Å². The summed E-state index contributed by atoms with van der Waals surface area (Å²) in [6.45, 7) is 2.03. The molecule has 0 saturated heterocycles. The van der Waals surface area contributed by atoms with Gasteiger partial charge in [0.1, 0.15) is 11.5 Å². The van der Waals surface area contributed by atoms with E-state index in [9.17, 15) is 0 Å². The minimum absolute atomic E-state index is 0.0356. The van der Waals surface area contributed by atoms with Gasteiger partial charge in [-0.3, -0.25) is 0 Å². The van der Waals surface area contributed by atoms with E-state index in [1.165, 1.54) is 6.20 Å². The highest BCUT2D eigenvalue weighted by atomic mass is 35.5. The predicted molar refractivity (Wildman–Crippen MR) is 106 cm³/mol. The van der Waals surface area contributed by atoms with Gasteiger partial charge in [-0.15, -0.1) is 5.10 Å². The molecule has 0 fully saturated rings. The fourth-order valence-corrected chi connectivity index (χ4v) is 2.77. The van der Waals surface area contributed by atoms with E-state index >= 15 is 0 Å². The lowest BCUT2D eigenvalue weighted by atomic mass is 10.1. The number of ether oxygens (including phenoxy) is 2. The molecule has 1 atom stereocenters. The van der Waals surface area contributed by atoms with Gasteiger partial charge in [-0.1, -0.05) is 41.9 Å². The minimum Gasteiger partial charge on any atom is -0.495 e. The van der Waals surface area contributed by atoms with E-state index in [1.807, 2.05) is 37.3 Å². The van der Waals surface area contributed by atoms with Gasteiger partial charge in [-0.25, -0.2) is 0 Å². The molecular formula is C19H20ClN5O2. The molecule has 8 heteroatoms. The summed E-state index contributed by atoms with van der Waals surface area (Å²) in [4.78, 5) is 4.46. The third-order valence-electron chi connectivity index (χ3n) is 3.94. The number of aromatic nitrogens is 3. The fourth-order valence-electron chi connectivity index (χ4n) is 2.54. The lowest BCUT2D eigenvalue weighted by molar-refractivity contribution is 0.405. The first-order valence-corrected chi connectivity index (χ1v) is 8.68. The topological polar surface area (TPSA) is 81.2 Å². The van der Waals surface area contributed by atoms with E-state index in [-0.39, 0.29) is 6.04 Å². The molecule has 2 aromatic carbocycles. The van der Waals surface area contributed by atoms with Gasteiger partial charge in [0.25, 0.3) is 0 Å². The van der Waals surface area contributed by atoms with Crippen molar-refractivity contribution in [3.63, 3.8) is 0 Å². The SMILES string of the molecule is COc1cc(Nc2cnnc(NC(C)c3ccccc3)n2)c(OC)cc1Cl. The molecule has 3 rings (SSSR count). The van der Waals surface area contributed by atoms with Crippen molar-refractivity contribution < 1.29 is 9.47 Å².